The van der Waals surface area contributed by atoms with Gasteiger partial charge in [-0.05, 0) is 11.6 Å². The average Bonchev–Trinajstić information content (AvgIpc) is 2.22. The molecule has 0 fully saturated rings. The molecule has 1 aromatic rings. The zero-order valence-electron chi connectivity index (χ0n) is 8.49. The summed E-state index contributed by atoms with van der Waals surface area (Å²) in [7, 11) is 1.74. The molecule has 0 amide bonds. The number of aliphatic imine (C=N–C) groups is 1. The fourth-order valence-corrected chi connectivity index (χ4v) is 0.850. The van der Waals surface area contributed by atoms with Crippen molar-refractivity contribution in [3.8, 4) is 0 Å². The summed E-state index contributed by atoms with van der Waals surface area (Å²) in [6, 6.07) is 1.91. The van der Waals surface area contributed by atoms with Gasteiger partial charge in [-0.15, -0.1) is 0 Å². The number of rotatable bonds is 2. The van der Waals surface area contributed by atoms with E-state index in [1.165, 1.54) is 0 Å². The first-order chi connectivity index (χ1) is 6.38. The molecule has 0 unspecified atom stereocenters. The molecular formula is C11H16N2. The standard InChI is InChI=1S/C9H10N2.C2H6/c1-3-8-4-5-11-7-9(8)6-10-2;1-2/h3-7H,1H2,2H3;1-2H3. The van der Waals surface area contributed by atoms with Crippen LogP contribution in [0.15, 0.2) is 30.0 Å². The number of pyridine rings is 1. The van der Waals surface area contributed by atoms with Gasteiger partial charge in [-0.1, -0.05) is 26.5 Å². The molecule has 0 aromatic carbocycles. The lowest BCUT2D eigenvalue weighted by atomic mass is 10.1. The Morgan fingerprint density at radius 2 is 2.08 bits per heavy atom. The Labute approximate surface area is 80.1 Å². The summed E-state index contributed by atoms with van der Waals surface area (Å²) >= 11 is 0. The lowest BCUT2D eigenvalue weighted by molar-refractivity contribution is 1.31. The summed E-state index contributed by atoms with van der Waals surface area (Å²) in [5.74, 6) is 0. The summed E-state index contributed by atoms with van der Waals surface area (Å²) in [4.78, 5) is 7.87. The highest BCUT2D eigenvalue weighted by Crippen LogP contribution is 2.04. The lowest BCUT2D eigenvalue weighted by Crippen LogP contribution is -1.87. The molecule has 0 bridgehead atoms. The van der Waals surface area contributed by atoms with Gasteiger partial charge in [0.2, 0.25) is 0 Å². The van der Waals surface area contributed by atoms with E-state index in [2.05, 4.69) is 16.6 Å². The largest absolute Gasteiger partial charge is 0.296 e. The highest BCUT2D eigenvalue weighted by molar-refractivity contribution is 5.84. The summed E-state index contributed by atoms with van der Waals surface area (Å²) in [6.07, 6.45) is 7.07. The Balaban J connectivity index is 0.000000671. The molecule has 0 N–H and O–H groups in total. The fourth-order valence-electron chi connectivity index (χ4n) is 0.850. The molecule has 0 radical (unpaired) electrons. The van der Waals surface area contributed by atoms with Crippen LogP contribution < -0.4 is 0 Å². The first-order valence-corrected chi connectivity index (χ1v) is 4.37. The number of aromatic nitrogens is 1. The van der Waals surface area contributed by atoms with Crippen LogP contribution in [0.2, 0.25) is 0 Å². The molecule has 1 heterocycles. The van der Waals surface area contributed by atoms with Crippen molar-refractivity contribution in [2.75, 3.05) is 7.05 Å². The minimum Gasteiger partial charge on any atom is -0.296 e. The van der Waals surface area contributed by atoms with Gasteiger partial charge in [0.15, 0.2) is 0 Å². The molecule has 0 spiro atoms. The average molecular weight is 176 g/mol. The van der Waals surface area contributed by atoms with Crippen molar-refractivity contribution >= 4 is 12.3 Å². The number of hydrogen-bond donors (Lipinski definition) is 0. The van der Waals surface area contributed by atoms with Gasteiger partial charge in [0.25, 0.3) is 0 Å². The summed E-state index contributed by atoms with van der Waals surface area (Å²) < 4.78 is 0. The predicted molar refractivity (Wildman–Crippen MR) is 59.2 cm³/mol. The Hall–Kier alpha value is -1.44. The molecule has 0 aliphatic rings. The Bertz CT molecular complexity index is 277. The van der Waals surface area contributed by atoms with Crippen LogP contribution in [0.25, 0.3) is 6.08 Å². The van der Waals surface area contributed by atoms with Gasteiger partial charge < -0.3 is 0 Å². The molecule has 0 atom stereocenters. The van der Waals surface area contributed by atoms with Crippen LogP contribution in [-0.2, 0) is 0 Å². The van der Waals surface area contributed by atoms with E-state index in [4.69, 9.17) is 0 Å². The third kappa shape index (κ3) is 3.65. The van der Waals surface area contributed by atoms with E-state index in [1.807, 2.05) is 19.9 Å². The van der Waals surface area contributed by atoms with E-state index in [0.29, 0.717) is 0 Å². The van der Waals surface area contributed by atoms with Gasteiger partial charge in [0.05, 0.1) is 0 Å². The predicted octanol–water partition coefficient (Wildman–Crippen LogP) is 2.80. The van der Waals surface area contributed by atoms with Gasteiger partial charge in [0.1, 0.15) is 0 Å². The molecule has 1 rings (SSSR count). The van der Waals surface area contributed by atoms with Crippen molar-refractivity contribution in [2.24, 2.45) is 4.99 Å². The van der Waals surface area contributed by atoms with Crippen molar-refractivity contribution in [1.82, 2.24) is 4.98 Å². The maximum Gasteiger partial charge on any atom is 0.0361 e. The molecule has 0 saturated heterocycles. The normalized spacial score (nSPS) is 9.15. The van der Waals surface area contributed by atoms with E-state index in [1.54, 1.807) is 31.7 Å². The van der Waals surface area contributed by atoms with Crippen molar-refractivity contribution in [3.63, 3.8) is 0 Å². The SMILES string of the molecule is C=Cc1ccncc1C=NC.CC. The van der Waals surface area contributed by atoms with E-state index in [-0.39, 0.29) is 0 Å². The van der Waals surface area contributed by atoms with Crippen LogP contribution in [0.3, 0.4) is 0 Å². The number of hydrogen-bond acceptors (Lipinski definition) is 2. The summed E-state index contributed by atoms with van der Waals surface area (Å²) in [5, 5.41) is 0. The lowest BCUT2D eigenvalue weighted by Gasteiger charge is -1.96. The Kier molecular flexibility index (Phi) is 6.42. The minimum absolute atomic E-state index is 1.00. The van der Waals surface area contributed by atoms with Crippen LogP contribution in [0.5, 0.6) is 0 Å². The second-order valence-electron chi connectivity index (χ2n) is 2.10. The molecule has 0 saturated carbocycles. The maximum absolute atomic E-state index is 3.97. The zero-order valence-corrected chi connectivity index (χ0v) is 8.49. The second-order valence-corrected chi connectivity index (χ2v) is 2.10. The van der Waals surface area contributed by atoms with Gasteiger partial charge >= 0.3 is 0 Å². The molecule has 2 nitrogen and oxygen atoms in total. The van der Waals surface area contributed by atoms with Crippen LogP contribution in [-0.4, -0.2) is 18.2 Å². The van der Waals surface area contributed by atoms with Crippen molar-refractivity contribution in [3.05, 3.63) is 36.2 Å². The Morgan fingerprint density at radius 3 is 2.62 bits per heavy atom. The summed E-state index contributed by atoms with van der Waals surface area (Å²) in [5.41, 5.74) is 2.07. The van der Waals surface area contributed by atoms with Crippen LogP contribution in [0, 0.1) is 0 Å². The van der Waals surface area contributed by atoms with Crippen molar-refractivity contribution in [2.45, 2.75) is 13.8 Å². The quantitative estimate of drug-likeness (QED) is 0.636. The highest BCUT2D eigenvalue weighted by Gasteiger charge is 1.92. The first kappa shape index (κ1) is 11.6. The molecule has 0 aliphatic carbocycles. The second kappa shape index (κ2) is 7.22. The summed E-state index contributed by atoms with van der Waals surface area (Å²) in [6.45, 7) is 7.68. The molecule has 70 valence electrons. The molecule has 13 heavy (non-hydrogen) atoms. The fraction of sp³-hybridized carbons (Fsp3) is 0.273. The van der Waals surface area contributed by atoms with Crippen molar-refractivity contribution < 1.29 is 0 Å². The van der Waals surface area contributed by atoms with Gasteiger partial charge in [-0.3, -0.25) is 9.98 Å². The van der Waals surface area contributed by atoms with Gasteiger partial charge in [0, 0.05) is 31.2 Å². The third-order valence-corrected chi connectivity index (χ3v) is 1.38. The minimum atomic E-state index is 1.00. The zero-order chi connectivity index (χ0) is 10.1. The van der Waals surface area contributed by atoms with Crippen LogP contribution in [0.1, 0.15) is 25.0 Å². The maximum atomic E-state index is 3.97. The number of nitrogens with zero attached hydrogens (tertiary/aromatic N) is 2. The van der Waals surface area contributed by atoms with Crippen LogP contribution in [0.4, 0.5) is 0 Å². The van der Waals surface area contributed by atoms with Gasteiger partial charge in [-0.25, -0.2) is 0 Å². The molecule has 0 aliphatic heterocycles. The van der Waals surface area contributed by atoms with Crippen LogP contribution >= 0.6 is 0 Å². The van der Waals surface area contributed by atoms with Crippen molar-refractivity contribution in [1.29, 1.82) is 0 Å². The Morgan fingerprint density at radius 1 is 1.38 bits per heavy atom. The molecule has 2 heteroatoms. The van der Waals surface area contributed by atoms with E-state index in [9.17, 15) is 0 Å². The van der Waals surface area contributed by atoms with E-state index < -0.39 is 0 Å². The third-order valence-electron chi connectivity index (χ3n) is 1.38. The molecule has 1 aromatic heterocycles. The first-order valence-electron chi connectivity index (χ1n) is 4.37. The molecular weight excluding hydrogens is 160 g/mol. The highest BCUT2D eigenvalue weighted by atomic mass is 14.7. The monoisotopic (exact) mass is 176 g/mol. The van der Waals surface area contributed by atoms with E-state index in [0.717, 1.165) is 11.1 Å². The topological polar surface area (TPSA) is 25.2 Å². The van der Waals surface area contributed by atoms with Gasteiger partial charge in [-0.2, -0.15) is 0 Å². The smallest absolute Gasteiger partial charge is 0.0361 e. The van der Waals surface area contributed by atoms with E-state index >= 15 is 0 Å².